The molecule has 3 rings (SSSR count). The number of aliphatic hydroxyl groups excluding tert-OH is 1. The number of halogens is 1. The summed E-state index contributed by atoms with van der Waals surface area (Å²) < 4.78 is 0.897. The number of nitrogens with one attached hydrogen (secondary N) is 1. The molecule has 20 heavy (non-hydrogen) atoms. The van der Waals surface area contributed by atoms with E-state index in [1.54, 1.807) is 6.20 Å². The molecule has 6 heteroatoms. The lowest BCUT2D eigenvalue weighted by molar-refractivity contribution is 0.0313. The number of rotatable bonds is 2. The summed E-state index contributed by atoms with van der Waals surface area (Å²) in [5.74, 6) is 0.0577. The van der Waals surface area contributed by atoms with Gasteiger partial charge in [-0.25, -0.2) is 0 Å². The molecule has 1 saturated heterocycles. The fraction of sp³-hybridized carbons (Fsp3) is 0.643. The van der Waals surface area contributed by atoms with Crippen LogP contribution in [-0.2, 0) is 0 Å². The van der Waals surface area contributed by atoms with E-state index >= 15 is 0 Å². The zero-order valence-corrected chi connectivity index (χ0v) is 13.0. The molecule has 2 N–H and O–H groups in total. The summed E-state index contributed by atoms with van der Waals surface area (Å²) in [7, 11) is 0. The van der Waals surface area contributed by atoms with Crippen LogP contribution >= 0.6 is 15.9 Å². The van der Waals surface area contributed by atoms with Crippen molar-refractivity contribution in [2.75, 3.05) is 26.2 Å². The molecule has 2 fully saturated rings. The Balaban J connectivity index is 1.57. The van der Waals surface area contributed by atoms with Crippen LogP contribution in [0.3, 0.4) is 0 Å². The molecule has 0 bridgehead atoms. The van der Waals surface area contributed by atoms with E-state index in [0.29, 0.717) is 11.7 Å². The van der Waals surface area contributed by atoms with Gasteiger partial charge in [-0.05, 0) is 41.3 Å². The quantitative estimate of drug-likeness (QED) is 0.855. The summed E-state index contributed by atoms with van der Waals surface area (Å²) in [5.41, 5.74) is 0.631. The average Bonchev–Trinajstić information content (AvgIpc) is 3.07. The summed E-state index contributed by atoms with van der Waals surface area (Å²) in [6.45, 7) is 3.18. The van der Waals surface area contributed by atoms with Gasteiger partial charge in [-0.1, -0.05) is 0 Å². The second-order valence-electron chi connectivity index (χ2n) is 5.63. The Hall–Kier alpha value is -0.850. The van der Waals surface area contributed by atoms with Crippen molar-refractivity contribution < 1.29 is 9.90 Å². The molecule has 1 aromatic heterocycles. The Labute approximate surface area is 127 Å². The number of aromatic nitrogens is 1. The van der Waals surface area contributed by atoms with Crippen LogP contribution in [0.1, 0.15) is 29.8 Å². The lowest BCUT2D eigenvalue weighted by atomic mass is 10.1. The first-order valence-corrected chi connectivity index (χ1v) is 8.00. The van der Waals surface area contributed by atoms with Gasteiger partial charge in [-0.2, -0.15) is 0 Å². The van der Waals surface area contributed by atoms with E-state index < -0.39 is 0 Å². The van der Waals surface area contributed by atoms with Gasteiger partial charge in [0.05, 0.1) is 6.10 Å². The van der Waals surface area contributed by atoms with E-state index in [0.717, 1.165) is 49.9 Å². The van der Waals surface area contributed by atoms with Gasteiger partial charge >= 0.3 is 0 Å². The van der Waals surface area contributed by atoms with Crippen LogP contribution < -0.4 is 0 Å². The first kappa shape index (κ1) is 14.1. The molecule has 1 aliphatic carbocycles. The normalized spacial score (nSPS) is 28.0. The lowest BCUT2D eigenvalue weighted by Crippen LogP contribution is -2.53. The molecule has 2 heterocycles. The van der Waals surface area contributed by atoms with Gasteiger partial charge in [0, 0.05) is 42.9 Å². The average molecular weight is 342 g/mol. The zero-order valence-electron chi connectivity index (χ0n) is 11.4. The molecule has 2 atom stereocenters. The minimum atomic E-state index is -0.184. The summed E-state index contributed by atoms with van der Waals surface area (Å²) in [5, 5.41) is 9.96. The van der Waals surface area contributed by atoms with Crippen molar-refractivity contribution >= 4 is 21.8 Å². The minimum Gasteiger partial charge on any atom is -0.391 e. The number of hydrogen-bond acceptors (Lipinski definition) is 3. The number of piperazine rings is 1. The highest BCUT2D eigenvalue weighted by Gasteiger charge is 2.33. The Kier molecular flexibility index (Phi) is 4.14. The Morgan fingerprint density at radius 2 is 2.05 bits per heavy atom. The van der Waals surface area contributed by atoms with Crippen LogP contribution in [0.4, 0.5) is 0 Å². The maximum absolute atomic E-state index is 12.3. The van der Waals surface area contributed by atoms with Crippen molar-refractivity contribution in [3.05, 3.63) is 22.4 Å². The number of carbonyl (C=O) groups is 1. The minimum absolute atomic E-state index is 0.0577. The number of amides is 1. The third-order valence-corrected chi connectivity index (χ3v) is 4.85. The van der Waals surface area contributed by atoms with E-state index in [9.17, 15) is 9.90 Å². The first-order valence-electron chi connectivity index (χ1n) is 7.20. The van der Waals surface area contributed by atoms with E-state index in [-0.39, 0.29) is 12.0 Å². The van der Waals surface area contributed by atoms with Gasteiger partial charge in [0.2, 0.25) is 0 Å². The highest BCUT2D eigenvalue weighted by molar-refractivity contribution is 9.10. The number of H-pyrrole nitrogens is 1. The molecule has 1 aliphatic heterocycles. The molecule has 2 aliphatic rings. The molecular weight excluding hydrogens is 322 g/mol. The van der Waals surface area contributed by atoms with Gasteiger partial charge in [0.25, 0.3) is 5.91 Å². The molecule has 0 radical (unpaired) electrons. The number of aliphatic hydroxyl groups is 1. The van der Waals surface area contributed by atoms with E-state index in [2.05, 4.69) is 25.8 Å². The van der Waals surface area contributed by atoms with Crippen LogP contribution in [0, 0.1) is 0 Å². The number of hydrogen-bond donors (Lipinski definition) is 2. The Morgan fingerprint density at radius 1 is 1.30 bits per heavy atom. The Morgan fingerprint density at radius 3 is 2.60 bits per heavy atom. The van der Waals surface area contributed by atoms with Crippen molar-refractivity contribution in [2.45, 2.75) is 31.4 Å². The number of aromatic amines is 1. The van der Waals surface area contributed by atoms with Gasteiger partial charge in [-0.15, -0.1) is 0 Å². The first-order chi connectivity index (χ1) is 9.65. The largest absolute Gasteiger partial charge is 0.391 e. The van der Waals surface area contributed by atoms with Crippen molar-refractivity contribution in [1.82, 2.24) is 14.8 Å². The van der Waals surface area contributed by atoms with E-state index in [1.807, 2.05) is 11.0 Å². The third-order valence-electron chi connectivity index (χ3n) is 4.39. The van der Waals surface area contributed by atoms with Crippen molar-refractivity contribution in [1.29, 1.82) is 0 Å². The topological polar surface area (TPSA) is 59.6 Å². The SMILES string of the molecule is O=C(c1cc(Br)c[nH]1)N1CCN(C2CCCC2O)CC1. The molecule has 0 aromatic carbocycles. The zero-order chi connectivity index (χ0) is 14.1. The maximum Gasteiger partial charge on any atom is 0.270 e. The highest BCUT2D eigenvalue weighted by Crippen LogP contribution is 2.25. The molecule has 1 amide bonds. The van der Waals surface area contributed by atoms with E-state index in [1.165, 1.54) is 0 Å². The standard InChI is InChI=1S/C14H20BrN3O2/c15-10-8-11(16-9-10)14(20)18-6-4-17(5-7-18)12-2-1-3-13(12)19/h8-9,12-13,16,19H,1-7H2. The van der Waals surface area contributed by atoms with Crippen molar-refractivity contribution in [2.24, 2.45) is 0 Å². The maximum atomic E-state index is 12.3. The van der Waals surface area contributed by atoms with Gasteiger partial charge in [0.15, 0.2) is 0 Å². The van der Waals surface area contributed by atoms with Crippen molar-refractivity contribution in [3.8, 4) is 0 Å². The molecule has 0 spiro atoms. The monoisotopic (exact) mass is 341 g/mol. The second-order valence-corrected chi connectivity index (χ2v) is 6.54. The van der Waals surface area contributed by atoms with Crippen LogP contribution in [0.25, 0.3) is 0 Å². The number of carbonyl (C=O) groups excluding carboxylic acids is 1. The fourth-order valence-corrected chi connectivity index (χ4v) is 3.61. The van der Waals surface area contributed by atoms with Crippen LogP contribution in [-0.4, -0.2) is 64.1 Å². The van der Waals surface area contributed by atoms with Gasteiger partial charge < -0.3 is 15.0 Å². The molecule has 2 unspecified atom stereocenters. The summed E-state index contributed by atoms with van der Waals surface area (Å²) in [4.78, 5) is 19.5. The fourth-order valence-electron chi connectivity index (χ4n) is 3.27. The van der Waals surface area contributed by atoms with E-state index in [4.69, 9.17) is 0 Å². The van der Waals surface area contributed by atoms with Crippen LogP contribution in [0.15, 0.2) is 16.7 Å². The summed E-state index contributed by atoms with van der Waals surface area (Å²) >= 11 is 3.35. The predicted molar refractivity (Wildman–Crippen MR) is 79.6 cm³/mol. The van der Waals surface area contributed by atoms with Crippen LogP contribution in [0.2, 0.25) is 0 Å². The molecule has 5 nitrogen and oxygen atoms in total. The summed E-state index contributed by atoms with van der Waals surface area (Å²) in [6, 6.07) is 2.11. The molecule has 110 valence electrons. The van der Waals surface area contributed by atoms with Crippen LogP contribution in [0.5, 0.6) is 0 Å². The smallest absolute Gasteiger partial charge is 0.270 e. The molecule has 1 aromatic rings. The van der Waals surface area contributed by atoms with Crippen molar-refractivity contribution in [3.63, 3.8) is 0 Å². The second kappa shape index (κ2) is 5.87. The third kappa shape index (κ3) is 2.77. The van der Waals surface area contributed by atoms with Gasteiger partial charge in [-0.3, -0.25) is 9.69 Å². The molecule has 1 saturated carbocycles. The number of nitrogens with zero attached hydrogens (tertiary/aromatic N) is 2. The lowest BCUT2D eigenvalue weighted by Gasteiger charge is -2.38. The molecular formula is C14H20BrN3O2. The predicted octanol–water partition coefficient (Wildman–Crippen LogP) is 1.45. The highest BCUT2D eigenvalue weighted by atomic mass is 79.9. The Bertz CT molecular complexity index is 483. The summed E-state index contributed by atoms with van der Waals surface area (Å²) in [6.07, 6.45) is 4.70. The van der Waals surface area contributed by atoms with Gasteiger partial charge in [0.1, 0.15) is 5.69 Å².